The number of hydrogen-bond acceptors (Lipinski definition) is 1. The maximum Gasteiger partial charge on any atom is 0.0549 e. The van der Waals surface area contributed by atoms with E-state index in [1.807, 2.05) is 0 Å². The van der Waals surface area contributed by atoms with Crippen LogP contribution >= 0.6 is 0 Å². The fraction of sp³-hybridized carbons (Fsp3) is 0.500. The Morgan fingerprint density at radius 3 is 2.86 bits per heavy atom. The van der Waals surface area contributed by atoms with Gasteiger partial charge in [0.05, 0.1) is 6.10 Å². The van der Waals surface area contributed by atoms with Crippen molar-refractivity contribution >= 4 is 0 Å². The molecule has 0 unspecified atom stereocenters. The molecule has 1 N–H and O–H groups in total. The van der Waals surface area contributed by atoms with E-state index in [1.54, 1.807) is 11.1 Å². The molecule has 1 fully saturated rings. The number of allylic oxidation sites excluding steroid dienone is 10. The molecule has 1 saturated carbocycles. The molecule has 4 aliphatic rings. The quantitative estimate of drug-likeness (QED) is 0.686. The van der Waals surface area contributed by atoms with Gasteiger partial charge in [-0.25, -0.2) is 0 Å². The second-order valence-corrected chi connectivity index (χ2v) is 7.11. The molecular weight excluding hydrogens is 256 g/mol. The third kappa shape index (κ3) is 1.80. The molecule has 0 bridgehead atoms. The molecule has 0 aromatic heterocycles. The first kappa shape index (κ1) is 13.3. The molecule has 0 aromatic carbocycles. The Labute approximate surface area is 127 Å². The molecule has 0 aliphatic heterocycles. The van der Waals surface area contributed by atoms with Crippen molar-refractivity contribution in [2.45, 2.75) is 52.1 Å². The monoisotopic (exact) mass is 280 g/mol. The zero-order chi connectivity index (χ0) is 14.6. The molecule has 1 heteroatoms. The lowest BCUT2D eigenvalue weighted by atomic mass is 9.65. The standard InChI is InChI=1S/C20H24O/c1-3-14-5-9-19-18-7-4-13-12-15(21)6-8-16(13)17(18)10-11-20(14,19)2/h3,5,9-11,13,15,21H,4,6-8,12H2,1-2H3/t13-,15+,20+/m1/s1. The summed E-state index contributed by atoms with van der Waals surface area (Å²) in [6.45, 7) is 4.49. The van der Waals surface area contributed by atoms with E-state index >= 15 is 0 Å². The topological polar surface area (TPSA) is 20.2 Å². The van der Waals surface area contributed by atoms with Gasteiger partial charge in [-0.15, -0.1) is 0 Å². The number of aliphatic hydroxyl groups is 1. The van der Waals surface area contributed by atoms with E-state index in [0.29, 0.717) is 5.92 Å². The lowest BCUT2D eigenvalue weighted by Gasteiger charge is -2.40. The number of hydrogen-bond donors (Lipinski definition) is 1. The number of fused-ring (bicyclic) bond motifs is 3. The van der Waals surface area contributed by atoms with Crippen molar-refractivity contribution in [3.8, 4) is 0 Å². The third-order valence-electron chi connectivity index (χ3n) is 6.02. The molecule has 0 heterocycles. The molecule has 0 aromatic rings. The molecule has 0 radical (unpaired) electrons. The van der Waals surface area contributed by atoms with Crippen molar-refractivity contribution in [2.24, 2.45) is 11.3 Å². The van der Waals surface area contributed by atoms with Crippen LogP contribution in [0.3, 0.4) is 0 Å². The van der Waals surface area contributed by atoms with Gasteiger partial charge in [0.15, 0.2) is 0 Å². The van der Waals surface area contributed by atoms with Crippen LogP contribution in [-0.4, -0.2) is 11.2 Å². The lowest BCUT2D eigenvalue weighted by Crippen LogP contribution is -2.28. The van der Waals surface area contributed by atoms with Gasteiger partial charge >= 0.3 is 0 Å². The average molecular weight is 280 g/mol. The van der Waals surface area contributed by atoms with E-state index < -0.39 is 0 Å². The number of rotatable bonds is 0. The van der Waals surface area contributed by atoms with E-state index in [2.05, 4.69) is 44.2 Å². The van der Waals surface area contributed by atoms with Gasteiger partial charge in [-0.2, -0.15) is 0 Å². The summed E-state index contributed by atoms with van der Waals surface area (Å²) in [4.78, 5) is 0. The van der Waals surface area contributed by atoms with Gasteiger partial charge in [-0.05, 0) is 74.2 Å². The molecule has 0 amide bonds. The summed E-state index contributed by atoms with van der Waals surface area (Å²) < 4.78 is 0. The second kappa shape index (κ2) is 4.58. The minimum atomic E-state index is -0.0765. The Morgan fingerprint density at radius 1 is 1.19 bits per heavy atom. The minimum absolute atomic E-state index is 0.0765. The SMILES string of the molecule is CC=C1C=CC2=C3CC[C@@H]4C[C@@H](O)CCC4=C3C=C[C@@]12C. The highest BCUT2D eigenvalue weighted by Gasteiger charge is 2.40. The molecule has 4 aliphatic carbocycles. The summed E-state index contributed by atoms with van der Waals surface area (Å²) in [5, 5.41) is 9.93. The molecule has 0 saturated heterocycles. The average Bonchev–Trinajstić information content (AvgIpc) is 2.83. The van der Waals surface area contributed by atoms with Gasteiger partial charge in [0.1, 0.15) is 0 Å². The molecule has 4 rings (SSSR count). The Balaban J connectivity index is 1.84. The molecule has 1 nitrogen and oxygen atoms in total. The summed E-state index contributed by atoms with van der Waals surface area (Å²) in [6, 6.07) is 0. The molecule has 3 atom stereocenters. The maximum absolute atomic E-state index is 9.93. The van der Waals surface area contributed by atoms with Crippen LogP contribution in [0.5, 0.6) is 0 Å². The fourth-order valence-electron chi connectivity index (χ4n) is 4.82. The first-order valence-corrected chi connectivity index (χ1v) is 8.32. The van der Waals surface area contributed by atoms with Gasteiger partial charge in [-0.3, -0.25) is 0 Å². The van der Waals surface area contributed by atoms with Crippen molar-refractivity contribution < 1.29 is 5.11 Å². The second-order valence-electron chi connectivity index (χ2n) is 7.11. The van der Waals surface area contributed by atoms with Crippen molar-refractivity contribution in [3.05, 3.63) is 58.2 Å². The number of aliphatic hydroxyl groups excluding tert-OH is 1. The van der Waals surface area contributed by atoms with Gasteiger partial charge < -0.3 is 5.11 Å². The maximum atomic E-state index is 9.93. The Morgan fingerprint density at radius 2 is 2.05 bits per heavy atom. The highest BCUT2D eigenvalue weighted by Crippen LogP contribution is 2.53. The van der Waals surface area contributed by atoms with Crippen LogP contribution in [0.15, 0.2) is 58.2 Å². The summed E-state index contributed by atoms with van der Waals surface area (Å²) in [7, 11) is 0. The molecular formula is C20H24O. The van der Waals surface area contributed by atoms with Crippen LogP contribution in [0.2, 0.25) is 0 Å². The van der Waals surface area contributed by atoms with Gasteiger partial charge in [-0.1, -0.05) is 36.0 Å². The zero-order valence-corrected chi connectivity index (χ0v) is 13.0. The van der Waals surface area contributed by atoms with Crippen LogP contribution in [-0.2, 0) is 0 Å². The molecule has 21 heavy (non-hydrogen) atoms. The van der Waals surface area contributed by atoms with Crippen molar-refractivity contribution in [3.63, 3.8) is 0 Å². The normalized spacial score (nSPS) is 39.7. The van der Waals surface area contributed by atoms with E-state index in [0.717, 1.165) is 19.3 Å². The summed E-state index contributed by atoms with van der Waals surface area (Å²) in [5.74, 6) is 0.619. The van der Waals surface area contributed by atoms with E-state index in [4.69, 9.17) is 0 Å². The van der Waals surface area contributed by atoms with Crippen LogP contribution in [0.1, 0.15) is 46.0 Å². The summed E-state index contributed by atoms with van der Waals surface area (Å²) in [6.07, 6.45) is 17.0. The first-order chi connectivity index (χ1) is 10.1. The van der Waals surface area contributed by atoms with Crippen molar-refractivity contribution in [2.75, 3.05) is 0 Å². The Kier molecular flexibility index (Phi) is 2.91. The van der Waals surface area contributed by atoms with Crippen LogP contribution in [0, 0.1) is 11.3 Å². The van der Waals surface area contributed by atoms with E-state index in [-0.39, 0.29) is 11.5 Å². The van der Waals surface area contributed by atoms with Gasteiger partial charge in [0.2, 0.25) is 0 Å². The fourth-order valence-corrected chi connectivity index (χ4v) is 4.82. The van der Waals surface area contributed by atoms with Crippen molar-refractivity contribution in [1.82, 2.24) is 0 Å². The van der Waals surface area contributed by atoms with E-state index in [9.17, 15) is 5.11 Å². The van der Waals surface area contributed by atoms with Crippen LogP contribution in [0.4, 0.5) is 0 Å². The van der Waals surface area contributed by atoms with Crippen LogP contribution in [0.25, 0.3) is 0 Å². The largest absolute Gasteiger partial charge is 0.393 e. The van der Waals surface area contributed by atoms with Gasteiger partial charge in [0, 0.05) is 5.41 Å². The third-order valence-corrected chi connectivity index (χ3v) is 6.02. The van der Waals surface area contributed by atoms with Crippen molar-refractivity contribution in [1.29, 1.82) is 0 Å². The highest BCUT2D eigenvalue weighted by molar-refractivity contribution is 5.65. The zero-order valence-electron chi connectivity index (χ0n) is 13.0. The first-order valence-electron chi connectivity index (χ1n) is 8.32. The molecule has 0 spiro atoms. The summed E-state index contributed by atoms with van der Waals surface area (Å²) in [5.41, 5.74) is 7.74. The molecule has 110 valence electrons. The predicted molar refractivity (Wildman–Crippen MR) is 86.8 cm³/mol. The van der Waals surface area contributed by atoms with E-state index in [1.165, 1.54) is 29.6 Å². The Bertz CT molecular complexity index is 641. The Hall–Kier alpha value is -1.34. The smallest absolute Gasteiger partial charge is 0.0549 e. The predicted octanol–water partition coefficient (Wildman–Crippen LogP) is 4.63. The van der Waals surface area contributed by atoms with Crippen LogP contribution < -0.4 is 0 Å². The lowest BCUT2D eigenvalue weighted by molar-refractivity contribution is 0.118. The van der Waals surface area contributed by atoms with Gasteiger partial charge in [0.25, 0.3) is 0 Å². The highest BCUT2D eigenvalue weighted by atomic mass is 16.3. The minimum Gasteiger partial charge on any atom is -0.393 e. The summed E-state index contributed by atoms with van der Waals surface area (Å²) >= 11 is 0.